The minimum atomic E-state index is -4.47. The zero-order chi connectivity index (χ0) is 14.8. The fraction of sp³-hybridized carbons (Fsp3) is 0.167. The maximum atomic E-state index is 12.9. The molecule has 1 amide bonds. The van der Waals surface area contributed by atoms with Crippen LogP contribution in [0.15, 0.2) is 30.3 Å². The number of anilines is 1. The summed E-state index contributed by atoms with van der Waals surface area (Å²) < 4.78 is 38.7. The summed E-state index contributed by atoms with van der Waals surface area (Å²) in [6, 6.07) is 6.44. The Bertz CT molecular complexity index is 624. The summed E-state index contributed by atoms with van der Waals surface area (Å²) >= 11 is 3.78. The van der Waals surface area contributed by atoms with E-state index in [-0.39, 0.29) is 28.7 Å². The fourth-order valence-corrected chi connectivity index (χ4v) is 1.75. The van der Waals surface area contributed by atoms with Gasteiger partial charge in [-0.3, -0.25) is 9.89 Å². The van der Waals surface area contributed by atoms with Gasteiger partial charge in [0.1, 0.15) is 5.82 Å². The van der Waals surface area contributed by atoms with E-state index in [1.807, 2.05) is 0 Å². The fourth-order valence-electron chi connectivity index (χ4n) is 1.67. The number of hydrogen-bond donors (Lipinski definition) is 3. The number of aromatic nitrogens is 2. The maximum absolute atomic E-state index is 12.9. The van der Waals surface area contributed by atoms with E-state index in [2.05, 4.69) is 28.1 Å². The van der Waals surface area contributed by atoms with Crippen LogP contribution in [0.5, 0.6) is 0 Å². The van der Waals surface area contributed by atoms with Crippen molar-refractivity contribution in [2.45, 2.75) is 6.18 Å². The average molecular weight is 301 g/mol. The second kappa shape index (κ2) is 5.58. The van der Waals surface area contributed by atoms with Crippen LogP contribution in [-0.4, -0.2) is 21.9 Å². The van der Waals surface area contributed by atoms with E-state index >= 15 is 0 Å². The van der Waals surface area contributed by atoms with Crippen molar-refractivity contribution in [3.63, 3.8) is 0 Å². The van der Waals surface area contributed by atoms with E-state index in [0.29, 0.717) is 0 Å². The van der Waals surface area contributed by atoms with Gasteiger partial charge in [-0.25, -0.2) is 0 Å². The molecule has 20 heavy (non-hydrogen) atoms. The standard InChI is InChI=1S/C12H10F3N3OS/c13-12(14,15)8-4-2-1-3-7(8)9-5-10(18-17-9)16-11(19)6-20/h1-5,20H,6H2,(H2,16,17,18,19). The lowest BCUT2D eigenvalue weighted by molar-refractivity contribution is -0.137. The van der Waals surface area contributed by atoms with Crippen LogP contribution in [0, 0.1) is 0 Å². The molecule has 106 valence electrons. The molecule has 4 nitrogen and oxygen atoms in total. The summed E-state index contributed by atoms with van der Waals surface area (Å²) in [6.07, 6.45) is -4.47. The molecule has 0 unspecified atom stereocenters. The molecule has 0 saturated carbocycles. The quantitative estimate of drug-likeness (QED) is 0.763. The molecule has 2 aromatic rings. The molecule has 0 atom stereocenters. The van der Waals surface area contributed by atoms with E-state index in [0.717, 1.165) is 6.07 Å². The Morgan fingerprint density at radius 2 is 2.05 bits per heavy atom. The molecule has 0 aliphatic heterocycles. The molecule has 8 heteroatoms. The smallest absolute Gasteiger partial charge is 0.310 e. The van der Waals surface area contributed by atoms with Gasteiger partial charge in [0, 0.05) is 11.6 Å². The highest BCUT2D eigenvalue weighted by atomic mass is 32.1. The van der Waals surface area contributed by atoms with Gasteiger partial charge in [0.2, 0.25) is 5.91 Å². The first-order chi connectivity index (χ1) is 9.41. The molecular formula is C12H10F3N3OS. The van der Waals surface area contributed by atoms with Gasteiger partial charge >= 0.3 is 6.18 Å². The first kappa shape index (κ1) is 14.4. The molecule has 0 bridgehead atoms. The van der Waals surface area contributed by atoms with Gasteiger partial charge in [0.25, 0.3) is 0 Å². The third kappa shape index (κ3) is 3.13. The van der Waals surface area contributed by atoms with Crippen molar-refractivity contribution in [1.29, 1.82) is 0 Å². The largest absolute Gasteiger partial charge is 0.417 e. The second-order valence-corrected chi connectivity index (χ2v) is 4.23. The number of rotatable bonds is 3. The minimum absolute atomic E-state index is 0.0342. The predicted molar refractivity (Wildman–Crippen MR) is 71.5 cm³/mol. The number of thiol groups is 1. The summed E-state index contributed by atoms with van der Waals surface area (Å²) in [5, 5.41) is 8.67. The number of alkyl halides is 3. The number of nitrogens with one attached hydrogen (secondary N) is 2. The van der Waals surface area contributed by atoms with Crippen LogP contribution in [0.3, 0.4) is 0 Å². The first-order valence-corrected chi connectivity index (χ1v) is 6.18. The highest BCUT2D eigenvalue weighted by Crippen LogP contribution is 2.36. The third-order valence-electron chi connectivity index (χ3n) is 2.50. The second-order valence-electron chi connectivity index (χ2n) is 3.92. The SMILES string of the molecule is O=C(CS)Nc1cc(-c2ccccc2C(F)(F)F)n[nH]1. The van der Waals surface area contributed by atoms with Crippen LogP contribution in [0.2, 0.25) is 0 Å². The number of carbonyl (C=O) groups excluding carboxylic acids is 1. The summed E-state index contributed by atoms with van der Waals surface area (Å²) in [7, 11) is 0. The van der Waals surface area contributed by atoms with Crippen molar-refractivity contribution in [2.75, 3.05) is 11.1 Å². The average Bonchev–Trinajstić information content (AvgIpc) is 2.86. The number of aromatic amines is 1. The molecule has 0 spiro atoms. The molecule has 0 aliphatic rings. The van der Waals surface area contributed by atoms with Crippen molar-refractivity contribution in [3.8, 4) is 11.3 Å². The van der Waals surface area contributed by atoms with E-state index in [1.54, 1.807) is 0 Å². The zero-order valence-corrected chi connectivity index (χ0v) is 10.9. The number of H-pyrrole nitrogens is 1. The zero-order valence-electron chi connectivity index (χ0n) is 10.0. The Morgan fingerprint density at radius 1 is 1.35 bits per heavy atom. The summed E-state index contributed by atoms with van der Waals surface area (Å²) in [5.41, 5.74) is -0.728. The molecule has 1 heterocycles. The van der Waals surface area contributed by atoms with Gasteiger partial charge in [-0.2, -0.15) is 30.9 Å². The normalized spacial score (nSPS) is 11.4. The molecular weight excluding hydrogens is 291 g/mol. The summed E-state index contributed by atoms with van der Waals surface area (Å²) in [6.45, 7) is 0. The van der Waals surface area contributed by atoms with Crippen molar-refractivity contribution in [2.24, 2.45) is 0 Å². The first-order valence-electron chi connectivity index (χ1n) is 5.54. The van der Waals surface area contributed by atoms with Crippen LogP contribution in [0.1, 0.15) is 5.56 Å². The number of halogens is 3. The van der Waals surface area contributed by atoms with E-state index in [4.69, 9.17) is 0 Å². The molecule has 0 saturated heterocycles. The van der Waals surface area contributed by atoms with Crippen LogP contribution in [-0.2, 0) is 11.0 Å². The minimum Gasteiger partial charge on any atom is -0.310 e. The lowest BCUT2D eigenvalue weighted by atomic mass is 10.0. The lowest BCUT2D eigenvalue weighted by Crippen LogP contribution is -2.12. The highest BCUT2D eigenvalue weighted by Gasteiger charge is 2.33. The van der Waals surface area contributed by atoms with Crippen molar-refractivity contribution < 1.29 is 18.0 Å². The molecule has 1 aromatic carbocycles. The van der Waals surface area contributed by atoms with Gasteiger partial charge in [0.15, 0.2) is 0 Å². The Labute approximate surface area is 117 Å². The number of benzene rings is 1. The number of hydrogen-bond acceptors (Lipinski definition) is 3. The van der Waals surface area contributed by atoms with Crippen molar-refractivity contribution in [3.05, 3.63) is 35.9 Å². The van der Waals surface area contributed by atoms with E-state index < -0.39 is 11.7 Å². The van der Waals surface area contributed by atoms with Gasteiger partial charge in [-0.05, 0) is 6.07 Å². The summed E-state index contributed by atoms with van der Waals surface area (Å²) in [5.74, 6) is -0.198. The molecule has 0 radical (unpaired) electrons. The molecule has 2 rings (SSSR count). The number of nitrogens with zero attached hydrogens (tertiary/aromatic N) is 1. The Kier molecular flexibility index (Phi) is 4.03. The Morgan fingerprint density at radius 3 is 2.70 bits per heavy atom. The molecule has 1 aromatic heterocycles. The number of carbonyl (C=O) groups is 1. The Balaban J connectivity index is 2.36. The molecule has 0 fully saturated rings. The van der Waals surface area contributed by atoms with Crippen LogP contribution in [0.25, 0.3) is 11.3 Å². The van der Waals surface area contributed by atoms with Gasteiger partial charge in [-0.15, -0.1) is 0 Å². The van der Waals surface area contributed by atoms with Gasteiger partial charge in [0.05, 0.1) is 17.0 Å². The van der Waals surface area contributed by atoms with Crippen LogP contribution < -0.4 is 5.32 Å². The van der Waals surface area contributed by atoms with Gasteiger partial charge in [-0.1, -0.05) is 18.2 Å². The molecule has 0 aliphatic carbocycles. The third-order valence-corrected chi connectivity index (χ3v) is 2.79. The van der Waals surface area contributed by atoms with E-state index in [1.165, 1.54) is 24.3 Å². The van der Waals surface area contributed by atoms with E-state index in [9.17, 15) is 18.0 Å². The monoisotopic (exact) mass is 301 g/mol. The Hall–Kier alpha value is -1.96. The lowest BCUT2D eigenvalue weighted by Gasteiger charge is -2.10. The number of amides is 1. The van der Waals surface area contributed by atoms with Gasteiger partial charge < -0.3 is 5.32 Å². The van der Waals surface area contributed by atoms with Crippen LogP contribution >= 0.6 is 12.6 Å². The van der Waals surface area contributed by atoms with Crippen LogP contribution in [0.4, 0.5) is 19.0 Å². The maximum Gasteiger partial charge on any atom is 0.417 e. The molecule has 2 N–H and O–H groups in total. The predicted octanol–water partition coefficient (Wildman–Crippen LogP) is 2.96. The topological polar surface area (TPSA) is 57.8 Å². The van der Waals surface area contributed by atoms with Crippen molar-refractivity contribution in [1.82, 2.24) is 10.2 Å². The van der Waals surface area contributed by atoms with Crippen molar-refractivity contribution >= 4 is 24.4 Å². The highest BCUT2D eigenvalue weighted by molar-refractivity contribution is 7.81. The summed E-state index contributed by atoms with van der Waals surface area (Å²) in [4.78, 5) is 11.1.